The van der Waals surface area contributed by atoms with E-state index in [1.54, 1.807) is 0 Å². The summed E-state index contributed by atoms with van der Waals surface area (Å²) in [6, 6.07) is 66.0. The molecule has 3 heterocycles. The summed E-state index contributed by atoms with van der Waals surface area (Å²) in [7, 11) is 0. The number of benzene rings is 7. The minimum Gasteiger partial charge on any atom is -0.294 e. The lowest BCUT2D eigenvalue weighted by Gasteiger charge is -2.34. The third kappa shape index (κ3) is 4.68. The van der Waals surface area contributed by atoms with Crippen LogP contribution in [0.3, 0.4) is 0 Å². The predicted octanol–water partition coefficient (Wildman–Crippen LogP) is 12.4. The monoisotopic (exact) mass is 722 g/mol. The number of fused-ring (bicyclic) bond motifs is 7. The number of nitrogens with zero attached hydrogens (tertiary/aromatic N) is 4. The van der Waals surface area contributed by atoms with Gasteiger partial charge >= 0.3 is 0 Å². The summed E-state index contributed by atoms with van der Waals surface area (Å²) >= 11 is 0. The number of hydrogen-bond donors (Lipinski definition) is 0. The Bertz CT molecular complexity index is 2920. The van der Waals surface area contributed by atoms with E-state index in [4.69, 9.17) is 9.92 Å². The van der Waals surface area contributed by atoms with Crippen molar-refractivity contribution >= 4 is 38.9 Å². The van der Waals surface area contributed by atoms with E-state index in [0.29, 0.717) is 0 Å². The summed E-state index contributed by atoms with van der Waals surface area (Å²) in [5.41, 5.74) is 14.3. The number of pyridine rings is 1. The van der Waals surface area contributed by atoms with Crippen LogP contribution in [-0.2, 0) is 10.4 Å². The molecule has 2 aromatic heterocycles. The fourth-order valence-electron chi connectivity index (χ4n) is 9.25. The standard InChI is InChI=1S/C51H38N4O/c1-34(2)54-47-25-12-13-26-48(47)55(56-54)39-18-14-17-37(32-39)51(44-22-9-6-19-40(44)41-20-7-10-23-45(41)51)38-27-28-43-42-21-8-11-24-46(42)53(49(43)33-38)50-31-36(29-30-52-50)35-15-4-3-5-16-35/h3-34H,1-2H3. The van der Waals surface area contributed by atoms with Gasteiger partial charge in [0, 0.05) is 17.0 Å². The Morgan fingerprint density at radius 3 is 1.96 bits per heavy atom. The quantitative estimate of drug-likeness (QED) is 0.171. The minimum absolute atomic E-state index is 0.158. The van der Waals surface area contributed by atoms with Crippen LogP contribution in [0.2, 0.25) is 0 Å². The molecule has 0 saturated carbocycles. The summed E-state index contributed by atoms with van der Waals surface area (Å²) in [5, 5.41) is 6.36. The molecule has 0 fully saturated rings. The second kappa shape index (κ2) is 12.6. The summed E-state index contributed by atoms with van der Waals surface area (Å²) < 4.78 is 2.34. The van der Waals surface area contributed by atoms with E-state index in [2.05, 4.69) is 200 Å². The lowest BCUT2D eigenvalue weighted by atomic mass is 9.67. The van der Waals surface area contributed by atoms with Crippen molar-refractivity contribution in [1.82, 2.24) is 9.55 Å². The van der Waals surface area contributed by atoms with E-state index >= 15 is 0 Å². The van der Waals surface area contributed by atoms with Gasteiger partial charge in [-0.15, -0.1) is 4.94 Å². The normalized spacial score (nSPS) is 14.1. The first kappa shape index (κ1) is 32.5. The zero-order valence-corrected chi connectivity index (χ0v) is 31.2. The molecule has 7 aromatic carbocycles. The topological polar surface area (TPSA) is 33.5 Å². The van der Waals surface area contributed by atoms with Crippen molar-refractivity contribution < 1.29 is 4.94 Å². The molecule has 9 aromatic rings. The Balaban J connectivity index is 1.18. The zero-order chi connectivity index (χ0) is 37.4. The molecule has 0 spiro atoms. The van der Waals surface area contributed by atoms with E-state index in [1.165, 1.54) is 44.2 Å². The van der Waals surface area contributed by atoms with Crippen LogP contribution in [0.4, 0.5) is 17.1 Å². The molecule has 56 heavy (non-hydrogen) atoms. The molecule has 0 radical (unpaired) electrons. The van der Waals surface area contributed by atoms with Gasteiger partial charge < -0.3 is 0 Å². The molecule has 2 aliphatic rings. The second-order valence-electron chi connectivity index (χ2n) is 15.0. The third-order valence-corrected chi connectivity index (χ3v) is 11.6. The van der Waals surface area contributed by atoms with Crippen molar-refractivity contribution in [2.24, 2.45) is 0 Å². The van der Waals surface area contributed by atoms with E-state index in [-0.39, 0.29) is 6.04 Å². The number of anilines is 3. The van der Waals surface area contributed by atoms with Gasteiger partial charge in [-0.25, -0.2) is 10.0 Å². The van der Waals surface area contributed by atoms with Crippen molar-refractivity contribution in [3.8, 4) is 28.1 Å². The van der Waals surface area contributed by atoms with E-state index in [1.807, 2.05) is 16.3 Å². The number of hydrogen-bond acceptors (Lipinski definition) is 4. The largest absolute Gasteiger partial charge is 0.294 e. The maximum atomic E-state index is 6.63. The summed E-state index contributed by atoms with van der Waals surface area (Å²) in [6.45, 7) is 4.31. The zero-order valence-electron chi connectivity index (χ0n) is 31.2. The molecule has 0 unspecified atom stereocenters. The van der Waals surface area contributed by atoms with Gasteiger partial charge in [0.2, 0.25) is 0 Å². The molecule has 0 N–H and O–H groups in total. The van der Waals surface area contributed by atoms with Gasteiger partial charge in [-0.05, 0) is 107 Å². The van der Waals surface area contributed by atoms with Crippen molar-refractivity contribution in [2.45, 2.75) is 25.3 Å². The molecule has 5 nitrogen and oxygen atoms in total. The van der Waals surface area contributed by atoms with Crippen LogP contribution in [0.1, 0.15) is 36.1 Å². The molecule has 0 bridgehead atoms. The van der Waals surface area contributed by atoms with Gasteiger partial charge in [0.15, 0.2) is 0 Å². The maximum absolute atomic E-state index is 6.63. The van der Waals surface area contributed by atoms with Crippen LogP contribution in [0.25, 0.3) is 49.9 Å². The lowest BCUT2D eigenvalue weighted by molar-refractivity contribution is 0.112. The highest BCUT2D eigenvalue weighted by Crippen LogP contribution is 2.57. The number of aromatic nitrogens is 2. The predicted molar refractivity (Wildman–Crippen MR) is 229 cm³/mol. The van der Waals surface area contributed by atoms with Gasteiger partial charge in [-0.3, -0.25) is 4.57 Å². The van der Waals surface area contributed by atoms with Crippen LogP contribution < -0.4 is 10.1 Å². The van der Waals surface area contributed by atoms with Gasteiger partial charge in [0.25, 0.3) is 0 Å². The molecule has 268 valence electrons. The van der Waals surface area contributed by atoms with E-state index in [9.17, 15) is 0 Å². The first-order valence-electron chi connectivity index (χ1n) is 19.3. The van der Waals surface area contributed by atoms with Crippen LogP contribution in [0.15, 0.2) is 188 Å². The molecule has 0 amide bonds. The third-order valence-electron chi connectivity index (χ3n) is 11.6. The highest BCUT2D eigenvalue weighted by molar-refractivity contribution is 6.09. The fourth-order valence-corrected chi connectivity index (χ4v) is 9.25. The second-order valence-corrected chi connectivity index (χ2v) is 15.0. The molecule has 1 aliphatic heterocycles. The highest BCUT2D eigenvalue weighted by atomic mass is 16.8. The maximum Gasteiger partial charge on any atom is 0.138 e. The van der Waals surface area contributed by atoms with Gasteiger partial charge in [-0.2, -0.15) is 5.06 Å². The summed E-state index contributed by atoms with van der Waals surface area (Å²) in [5.74, 6) is 0.887. The molecular formula is C51H38N4O. The molecule has 0 atom stereocenters. The fraction of sp³-hybridized carbons (Fsp3) is 0.0784. The van der Waals surface area contributed by atoms with Crippen LogP contribution >= 0.6 is 0 Å². The van der Waals surface area contributed by atoms with E-state index in [0.717, 1.165) is 45.0 Å². The van der Waals surface area contributed by atoms with Crippen LogP contribution in [-0.4, -0.2) is 15.6 Å². The van der Waals surface area contributed by atoms with Gasteiger partial charge in [0.1, 0.15) is 5.82 Å². The van der Waals surface area contributed by atoms with E-state index < -0.39 is 5.41 Å². The average Bonchev–Trinajstić information content (AvgIpc) is 3.91. The Labute approximate surface area is 326 Å². The van der Waals surface area contributed by atoms with Gasteiger partial charge in [-0.1, -0.05) is 133 Å². The smallest absolute Gasteiger partial charge is 0.138 e. The Morgan fingerprint density at radius 1 is 0.518 bits per heavy atom. The van der Waals surface area contributed by atoms with Crippen molar-refractivity contribution in [3.05, 3.63) is 210 Å². The van der Waals surface area contributed by atoms with Crippen LogP contribution in [0, 0.1) is 0 Å². The Kier molecular flexibility index (Phi) is 7.28. The molecule has 11 rings (SSSR count). The Morgan fingerprint density at radius 2 is 1.18 bits per heavy atom. The van der Waals surface area contributed by atoms with Crippen LogP contribution in [0.5, 0.6) is 0 Å². The molecule has 1 aliphatic carbocycles. The number of rotatable bonds is 6. The first-order chi connectivity index (χ1) is 27.6. The van der Waals surface area contributed by atoms with Crippen molar-refractivity contribution in [1.29, 1.82) is 0 Å². The molecule has 5 heteroatoms. The SMILES string of the molecule is CC(C)N1ON(c2cccc(C3(c4ccc5c6ccccc6n(-c6cc(-c7ccccc7)ccn6)c5c4)c4ccccc4-c4ccccc43)c2)c2ccccc21. The summed E-state index contributed by atoms with van der Waals surface area (Å²) in [4.78, 5) is 11.6. The van der Waals surface area contributed by atoms with Gasteiger partial charge in [0.05, 0.1) is 39.6 Å². The molecule has 0 saturated heterocycles. The minimum atomic E-state index is -0.630. The average molecular weight is 723 g/mol. The number of para-hydroxylation sites is 3. The first-order valence-corrected chi connectivity index (χ1v) is 19.3. The molecular weight excluding hydrogens is 685 g/mol. The van der Waals surface area contributed by atoms with Crippen molar-refractivity contribution in [2.75, 3.05) is 10.1 Å². The Hall–Kier alpha value is -6.95. The lowest BCUT2D eigenvalue weighted by Crippen LogP contribution is -2.31. The summed E-state index contributed by atoms with van der Waals surface area (Å²) in [6.07, 6.45) is 1.93. The van der Waals surface area contributed by atoms with Crippen molar-refractivity contribution in [3.63, 3.8) is 0 Å². The number of hydroxylamine groups is 1. The highest BCUT2D eigenvalue weighted by Gasteiger charge is 2.46.